The van der Waals surface area contributed by atoms with Gasteiger partial charge in [0.1, 0.15) is 0 Å². The second-order valence-electron chi connectivity index (χ2n) is 3.97. The van der Waals surface area contributed by atoms with Crippen LogP contribution >= 0.6 is 0 Å². The molecule has 2 rings (SSSR count). The van der Waals surface area contributed by atoms with E-state index in [9.17, 15) is 4.79 Å². The Kier molecular flexibility index (Phi) is 3.28. The number of carbonyl (C=O) groups excluding carboxylic acids is 1. The lowest BCUT2D eigenvalue weighted by atomic mass is 10.2. The van der Waals surface area contributed by atoms with Crippen molar-refractivity contribution in [3.8, 4) is 0 Å². The molecule has 0 radical (unpaired) electrons. The Bertz CT molecular complexity index is 619. The van der Waals surface area contributed by atoms with E-state index in [0.29, 0.717) is 24.5 Å². The van der Waals surface area contributed by atoms with E-state index in [2.05, 4.69) is 9.96 Å². The summed E-state index contributed by atoms with van der Waals surface area (Å²) < 4.78 is 0. The zero-order valence-corrected chi connectivity index (χ0v) is 10.5. The molecule has 5 heteroatoms. The average molecular weight is 243 g/mol. The summed E-state index contributed by atoms with van der Waals surface area (Å²) in [5.74, 6) is -0.149. The highest BCUT2D eigenvalue weighted by Crippen LogP contribution is 2.31. The third-order valence-electron chi connectivity index (χ3n) is 3.04. The molecule has 0 bridgehead atoms. The van der Waals surface area contributed by atoms with Crippen LogP contribution < -0.4 is 0 Å². The van der Waals surface area contributed by atoms with Gasteiger partial charge in [0.05, 0.1) is 10.9 Å². The molecule has 0 aliphatic rings. The third-order valence-corrected chi connectivity index (χ3v) is 3.04. The van der Waals surface area contributed by atoms with E-state index >= 15 is 0 Å². The van der Waals surface area contributed by atoms with Gasteiger partial charge in [0.2, 0.25) is 11.1 Å². The number of benzene rings is 1. The molecular weight excluding hydrogens is 228 g/mol. The molecule has 1 aromatic heterocycles. The minimum absolute atomic E-state index is 0.149. The first-order chi connectivity index (χ1) is 8.72. The fourth-order valence-electron chi connectivity index (χ4n) is 2.05. The van der Waals surface area contributed by atoms with Crippen molar-refractivity contribution in [3.05, 3.63) is 34.9 Å². The quantitative estimate of drug-likeness (QED) is 0.841. The number of H-pyrrole nitrogens is 1. The van der Waals surface area contributed by atoms with E-state index in [1.165, 1.54) is 0 Å². The van der Waals surface area contributed by atoms with Gasteiger partial charge in [0.25, 0.3) is 5.91 Å². The number of fused-ring (bicyclic) bond motifs is 1. The number of para-hydroxylation sites is 1. The molecule has 1 aromatic carbocycles. The number of rotatable bonds is 3. The van der Waals surface area contributed by atoms with Crippen LogP contribution in [0.15, 0.2) is 24.3 Å². The predicted molar refractivity (Wildman–Crippen MR) is 70.3 cm³/mol. The van der Waals surface area contributed by atoms with Crippen molar-refractivity contribution in [2.24, 2.45) is 0 Å². The summed E-state index contributed by atoms with van der Waals surface area (Å²) in [5.41, 5.74) is 1.44. The van der Waals surface area contributed by atoms with E-state index in [1.54, 1.807) is 4.90 Å². The number of carbonyl (C=O) groups is 1. The molecule has 0 fully saturated rings. The summed E-state index contributed by atoms with van der Waals surface area (Å²) in [7, 11) is 0. The molecule has 0 unspecified atom stereocenters. The molecule has 0 saturated heterocycles. The zero-order chi connectivity index (χ0) is 13.1. The van der Waals surface area contributed by atoms with Gasteiger partial charge < -0.3 is 9.88 Å². The van der Waals surface area contributed by atoms with Gasteiger partial charge in [0.15, 0.2) is 4.98 Å². The standard InChI is InChI=1S/C13H14N4O/c1-3-17(4-2)13(18)12-11(16-14)9-7-5-6-8-10(9)15-12/h5-8H,3-4H2,1-2H3/p+1. The van der Waals surface area contributed by atoms with Gasteiger partial charge in [-0.25, -0.2) is 0 Å². The molecule has 5 nitrogen and oxygen atoms in total. The number of aromatic amines is 1. The Morgan fingerprint density at radius 2 is 2.00 bits per heavy atom. The summed E-state index contributed by atoms with van der Waals surface area (Å²) in [6.07, 6.45) is 0. The highest BCUT2D eigenvalue weighted by atomic mass is 16.2. The molecule has 0 saturated carbocycles. The second-order valence-corrected chi connectivity index (χ2v) is 3.97. The van der Waals surface area contributed by atoms with Crippen molar-refractivity contribution < 1.29 is 4.79 Å². The first-order valence-corrected chi connectivity index (χ1v) is 5.98. The number of amides is 1. The van der Waals surface area contributed by atoms with E-state index < -0.39 is 0 Å². The van der Waals surface area contributed by atoms with Crippen LogP contribution in [0.4, 0.5) is 5.69 Å². The monoisotopic (exact) mass is 243 g/mol. The summed E-state index contributed by atoms with van der Waals surface area (Å²) in [6, 6.07) is 7.38. The summed E-state index contributed by atoms with van der Waals surface area (Å²) >= 11 is 0. The van der Waals surface area contributed by atoms with Crippen molar-refractivity contribution >= 4 is 22.5 Å². The molecule has 1 N–H and O–H groups in total. The van der Waals surface area contributed by atoms with Crippen LogP contribution in [0, 0.1) is 5.39 Å². The van der Waals surface area contributed by atoms with Crippen LogP contribution in [0.3, 0.4) is 0 Å². The van der Waals surface area contributed by atoms with E-state index in [0.717, 1.165) is 10.9 Å². The van der Waals surface area contributed by atoms with Crippen LogP contribution in [-0.4, -0.2) is 28.9 Å². The Balaban J connectivity index is 2.58. The topological polar surface area (TPSA) is 64.2 Å². The van der Waals surface area contributed by atoms with Crippen molar-refractivity contribution in [1.29, 1.82) is 5.39 Å². The molecule has 1 amide bonds. The van der Waals surface area contributed by atoms with Crippen LogP contribution in [0.1, 0.15) is 24.3 Å². The Labute approximate surface area is 105 Å². The lowest BCUT2D eigenvalue weighted by Crippen LogP contribution is -2.30. The van der Waals surface area contributed by atoms with Crippen molar-refractivity contribution in [1.82, 2.24) is 9.88 Å². The van der Waals surface area contributed by atoms with Gasteiger partial charge >= 0.3 is 5.69 Å². The molecule has 18 heavy (non-hydrogen) atoms. The highest BCUT2D eigenvalue weighted by molar-refractivity contribution is 6.08. The van der Waals surface area contributed by atoms with E-state index in [4.69, 9.17) is 5.39 Å². The smallest absolute Gasteiger partial charge is 0.344 e. The average Bonchev–Trinajstić information content (AvgIpc) is 2.78. The molecule has 92 valence electrons. The van der Waals surface area contributed by atoms with Gasteiger partial charge in [-0.05, 0) is 26.0 Å². The van der Waals surface area contributed by atoms with Crippen molar-refractivity contribution in [2.75, 3.05) is 13.1 Å². The Hall–Kier alpha value is -2.35. The number of diazo groups is 1. The van der Waals surface area contributed by atoms with E-state index in [-0.39, 0.29) is 5.91 Å². The summed E-state index contributed by atoms with van der Waals surface area (Å²) in [6.45, 7) is 5.07. The maximum atomic E-state index is 12.3. The van der Waals surface area contributed by atoms with Gasteiger partial charge in [-0.3, -0.25) is 4.79 Å². The van der Waals surface area contributed by atoms with E-state index in [1.807, 2.05) is 38.1 Å². The number of nitrogens with one attached hydrogen (secondary N) is 1. The first-order valence-electron chi connectivity index (χ1n) is 5.98. The van der Waals surface area contributed by atoms with Gasteiger partial charge in [-0.15, -0.1) is 0 Å². The molecule has 1 heterocycles. The third kappa shape index (κ3) is 1.82. The fraction of sp³-hybridized carbons (Fsp3) is 0.308. The largest absolute Gasteiger partial charge is 0.423 e. The number of hydrogen-bond donors (Lipinski definition) is 1. The minimum Gasteiger partial charge on any atom is -0.344 e. The fourth-order valence-corrected chi connectivity index (χ4v) is 2.05. The van der Waals surface area contributed by atoms with Gasteiger partial charge in [-0.1, -0.05) is 12.1 Å². The SMILES string of the molecule is CCN(CC)C(=O)c1[nH]c2ccccc2c1[N+]#N. The molecule has 0 atom stereocenters. The molecule has 2 aromatic rings. The van der Waals surface area contributed by atoms with Crippen LogP contribution in [0.25, 0.3) is 15.9 Å². The summed E-state index contributed by atoms with van der Waals surface area (Å²) in [5, 5.41) is 9.86. The van der Waals surface area contributed by atoms with Gasteiger partial charge in [0, 0.05) is 13.1 Å². The zero-order valence-electron chi connectivity index (χ0n) is 10.5. The van der Waals surface area contributed by atoms with Gasteiger partial charge in [-0.2, -0.15) is 0 Å². The lowest BCUT2D eigenvalue weighted by molar-refractivity contribution is 0.0769. The maximum Gasteiger partial charge on any atom is 0.423 e. The van der Waals surface area contributed by atoms with Crippen LogP contribution in [0.2, 0.25) is 0 Å². The first kappa shape index (κ1) is 12.1. The maximum absolute atomic E-state index is 12.3. The van der Waals surface area contributed by atoms with Crippen LogP contribution in [-0.2, 0) is 0 Å². The highest BCUT2D eigenvalue weighted by Gasteiger charge is 2.29. The normalized spacial score (nSPS) is 10.3. The van der Waals surface area contributed by atoms with Crippen molar-refractivity contribution in [3.63, 3.8) is 0 Å². The second kappa shape index (κ2) is 4.88. The molecule has 0 spiro atoms. The predicted octanol–water partition coefficient (Wildman–Crippen LogP) is 3.13. The molecular formula is C13H15N4O+. The molecule has 0 aliphatic heterocycles. The Morgan fingerprint density at radius 3 is 2.61 bits per heavy atom. The molecule has 0 aliphatic carbocycles. The number of nitrogens with zero attached hydrogens (tertiary/aromatic N) is 3. The number of hydrogen-bond acceptors (Lipinski definition) is 2. The summed E-state index contributed by atoms with van der Waals surface area (Å²) in [4.78, 5) is 20.2. The van der Waals surface area contributed by atoms with Crippen molar-refractivity contribution in [2.45, 2.75) is 13.8 Å². The Morgan fingerprint density at radius 1 is 1.33 bits per heavy atom. The minimum atomic E-state index is -0.149. The number of aromatic nitrogens is 1. The lowest BCUT2D eigenvalue weighted by Gasteiger charge is -2.16. The van der Waals surface area contributed by atoms with Crippen LogP contribution in [0.5, 0.6) is 0 Å².